The first kappa shape index (κ1) is 13.9. The van der Waals surface area contributed by atoms with Gasteiger partial charge in [0.25, 0.3) is 0 Å². The number of hydrogen-bond donors (Lipinski definition) is 0. The molecule has 0 fully saturated rings. The van der Waals surface area contributed by atoms with Crippen LogP contribution >= 0.6 is 0 Å². The number of carbonyl (C=O) groups is 2. The Bertz CT molecular complexity index is 568. The largest absolute Gasteiger partial charge is 0.310 e. The van der Waals surface area contributed by atoms with Gasteiger partial charge in [-0.3, -0.25) is 13.8 Å². The normalized spacial score (nSPS) is 22.3. The number of amides is 1. The topological polar surface area (TPSA) is 54.5 Å². The molecule has 1 aliphatic heterocycles. The van der Waals surface area contributed by atoms with Crippen molar-refractivity contribution in [2.75, 3.05) is 11.4 Å². The van der Waals surface area contributed by atoms with E-state index in [0.717, 1.165) is 6.42 Å². The maximum absolute atomic E-state index is 12.2. The smallest absolute Gasteiger partial charge is 0.242 e. The number of anilines is 1. The van der Waals surface area contributed by atoms with Crippen LogP contribution in [-0.2, 0) is 15.6 Å². The van der Waals surface area contributed by atoms with Crippen LogP contribution in [0.3, 0.4) is 0 Å². The monoisotopic (exact) mass is 279 g/mol. The molecule has 5 heteroatoms. The number of fused-ring (bicyclic) bond motifs is 1. The number of hydrogen-bond acceptors (Lipinski definition) is 3. The number of nitrogens with zero attached hydrogens (tertiary/aromatic N) is 1. The van der Waals surface area contributed by atoms with Crippen LogP contribution in [0.25, 0.3) is 0 Å². The molecule has 0 saturated heterocycles. The first-order valence-electron chi connectivity index (χ1n) is 6.34. The van der Waals surface area contributed by atoms with Crippen LogP contribution in [0.5, 0.6) is 0 Å². The van der Waals surface area contributed by atoms with Crippen molar-refractivity contribution in [3.05, 3.63) is 23.8 Å². The number of Topliss-reactive ketones (excluding diaryl/α,β-unsaturated/α-hetero) is 1. The average Bonchev–Trinajstić information content (AvgIpc) is 2.40. The molecule has 1 aliphatic rings. The molecular weight excluding hydrogens is 262 g/mol. The lowest BCUT2D eigenvalue weighted by atomic mass is 10.1. The molecule has 1 heterocycles. The fourth-order valence-corrected chi connectivity index (χ4v) is 3.46. The molecule has 2 rings (SSSR count). The van der Waals surface area contributed by atoms with Gasteiger partial charge in [-0.25, -0.2) is 0 Å². The Labute approximate surface area is 115 Å². The highest BCUT2D eigenvalue weighted by molar-refractivity contribution is 7.86. The lowest BCUT2D eigenvalue weighted by Crippen LogP contribution is -2.44. The molecule has 0 saturated carbocycles. The number of carbonyl (C=O) groups excluding carboxylic acids is 2. The van der Waals surface area contributed by atoms with E-state index in [1.165, 1.54) is 6.92 Å². The van der Waals surface area contributed by atoms with E-state index in [2.05, 4.69) is 0 Å². The summed E-state index contributed by atoms with van der Waals surface area (Å²) in [5.74, 6) is -0.190. The van der Waals surface area contributed by atoms with Crippen molar-refractivity contribution in [2.24, 2.45) is 0 Å². The number of benzene rings is 1. The van der Waals surface area contributed by atoms with Crippen LogP contribution in [0.2, 0.25) is 0 Å². The lowest BCUT2D eigenvalue weighted by Gasteiger charge is -2.32. The number of ketones is 1. The van der Waals surface area contributed by atoms with Crippen LogP contribution in [0.15, 0.2) is 23.1 Å². The molecule has 4 nitrogen and oxygen atoms in total. The molecule has 1 amide bonds. The summed E-state index contributed by atoms with van der Waals surface area (Å²) in [6.45, 7) is 5.73. The Morgan fingerprint density at radius 1 is 1.42 bits per heavy atom. The van der Waals surface area contributed by atoms with Crippen molar-refractivity contribution in [3.8, 4) is 0 Å². The van der Waals surface area contributed by atoms with Gasteiger partial charge in [0, 0.05) is 12.1 Å². The van der Waals surface area contributed by atoms with E-state index in [-0.39, 0.29) is 11.7 Å². The van der Waals surface area contributed by atoms with Crippen LogP contribution in [-0.4, -0.2) is 27.7 Å². The van der Waals surface area contributed by atoms with Gasteiger partial charge in [-0.05, 0) is 32.4 Å². The highest BCUT2D eigenvalue weighted by Gasteiger charge is 2.35. The SMILES string of the molecule is CCCN1C(=O)C(C)S(=O)c2ccc(C(C)=O)cc21. The van der Waals surface area contributed by atoms with Gasteiger partial charge in [0.05, 0.1) is 21.4 Å². The number of rotatable bonds is 3. The second kappa shape index (κ2) is 5.25. The Hall–Kier alpha value is -1.49. The molecule has 1 aromatic rings. The van der Waals surface area contributed by atoms with Crippen LogP contribution < -0.4 is 4.90 Å². The van der Waals surface area contributed by atoms with Gasteiger partial charge in [-0.1, -0.05) is 13.0 Å². The molecule has 0 spiro atoms. The van der Waals surface area contributed by atoms with E-state index in [9.17, 15) is 13.8 Å². The van der Waals surface area contributed by atoms with Gasteiger partial charge in [-0.15, -0.1) is 0 Å². The molecule has 1 aromatic carbocycles. The summed E-state index contributed by atoms with van der Waals surface area (Å²) in [4.78, 5) is 26.0. The average molecular weight is 279 g/mol. The van der Waals surface area contributed by atoms with E-state index in [1.807, 2.05) is 6.92 Å². The molecule has 2 atom stereocenters. The minimum Gasteiger partial charge on any atom is -0.310 e. The third kappa shape index (κ3) is 2.34. The van der Waals surface area contributed by atoms with E-state index in [0.29, 0.717) is 22.7 Å². The molecule has 0 radical (unpaired) electrons. The molecule has 0 aromatic heterocycles. The standard InChI is InChI=1S/C14H17NO3S/c1-4-7-15-12-8-11(9(2)16)5-6-13(12)19(18)10(3)14(15)17/h5-6,8,10H,4,7H2,1-3H3. The van der Waals surface area contributed by atoms with Gasteiger partial charge in [0.15, 0.2) is 5.78 Å². The zero-order valence-electron chi connectivity index (χ0n) is 11.3. The van der Waals surface area contributed by atoms with E-state index < -0.39 is 16.0 Å². The summed E-state index contributed by atoms with van der Waals surface area (Å²) < 4.78 is 12.2. The lowest BCUT2D eigenvalue weighted by molar-refractivity contribution is -0.118. The molecule has 0 bridgehead atoms. The second-order valence-electron chi connectivity index (χ2n) is 4.67. The highest BCUT2D eigenvalue weighted by Crippen LogP contribution is 2.33. The summed E-state index contributed by atoms with van der Waals surface area (Å²) in [7, 11) is -1.34. The van der Waals surface area contributed by atoms with Gasteiger partial charge in [-0.2, -0.15) is 0 Å². The molecule has 2 unspecified atom stereocenters. The Morgan fingerprint density at radius 2 is 2.11 bits per heavy atom. The molecular formula is C14H17NO3S. The van der Waals surface area contributed by atoms with Crippen molar-refractivity contribution < 1.29 is 13.8 Å². The fourth-order valence-electron chi connectivity index (χ4n) is 2.19. The van der Waals surface area contributed by atoms with E-state index in [4.69, 9.17) is 0 Å². The summed E-state index contributed by atoms with van der Waals surface area (Å²) in [5.41, 5.74) is 1.16. The minimum atomic E-state index is -1.34. The summed E-state index contributed by atoms with van der Waals surface area (Å²) in [6, 6.07) is 5.05. The van der Waals surface area contributed by atoms with Crippen LogP contribution in [0.4, 0.5) is 5.69 Å². The minimum absolute atomic E-state index is 0.0592. The predicted molar refractivity (Wildman–Crippen MR) is 75.0 cm³/mol. The first-order chi connectivity index (χ1) is 8.97. The first-order valence-corrected chi connectivity index (χ1v) is 7.55. The molecule has 102 valence electrons. The highest BCUT2D eigenvalue weighted by atomic mass is 32.2. The molecule has 0 aliphatic carbocycles. The van der Waals surface area contributed by atoms with Crippen LogP contribution in [0.1, 0.15) is 37.6 Å². The van der Waals surface area contributed by atoms with Crippen molar-refractivity contribution >= 4 is 28.2 Å². The van der Waals surface area contributed by atoms with Crippen molar-refractivity contribution in [3.63, 3.8) is 0 Å². The summed E-state index contributed by atoms with van der Waals surface area (Å²) in [5, 5.41) is -0.526. The van der Waals surface area contributed by atoms with E-state index in [1.54, 1.807) is 30.0 Å². The summed E-state index contributed by atoms with van der Waals surface area (Å²) in [6.07, 6.45) is 0.814. The zero-order valence-corrected chi connectivity index (χ0v) is 12.1. The maximum atomic E-state index is 12.2. The quantitative estimate of drug-likeness (QED) is 0.797. The Balaban J connectivity index is 2.59. The predicted octanol–water partition coefficient (Wildman–Crippen LogP) is 2.14. The Kier molecular flexibility index (Phi) is 3.85. The second-order valence-corrected chi connectivity index (χ2v) is 6.41. The summed E-state index contributed by atoms with van der Waals surface area (Å²) >= 11 is 0. The third-order valence-electron chi connectivity index (χ3n) is 3.26. The zero-order chi connectivity index (χ0) is 14.2. The van der Waals surface area contributed by atoms with Gasteiger partial charge in [0.2, 0.25) is 5.91 Å². The maximum Gasteiger partial charge on any atom is 0.242 e. The van der Waals surface area contributed by atoms with Gasteiger partial charge < -0.3 is 4.90 Å². The molecule has 0 N–H and O–H groups in total. The van der Waals surface area contributed by atoms with E-state index >= 15 is 0 Å². The van der Waals surface area contributed by atoms with Crippen molar-refractivity contribution in [2.45, 2.75) is 37.3 Å². The molecule has 19 heavy (non-hydrogen) atoms. The van der Waals surface area contributed by atoms with Gasteiger partial charge >= 0.3 is 0 Å². The van der Waals surface area contributed by atoms with Crippen molar-refractivity contribution in [1.82, 2.24) is 0 Å². The van der Waals surface area contributed by atoms with Crippen molar-refractivity contribution in [1.29, 1.82) is 0 Å². The van der Waals surface area contributed by atoms with Gasteiger partial charge in [0.1, 0.15) is 5.25 Å². The third-order valence-corrected chi connectivity index (χ3v) is 4.88. The Morgan fingerprint density at radius 3 is 2.68 bits per heavy atom. The fraction of sp³-hybridized carbons (Fsp3) is 0.429. The van der Waals surface area contributed by atoms with Crippen LogP contribution in [0, 0.1) is 0 Å².